The van der Waals surface area contributed by atoms with E-state index in [1.807, 2.05) is 0 Å². The van der Waals surface area contributed by atoms with Crippen molar-refractivity contribution in [2.75, 3.05) is 31.5 Å². The number of carbonyl (C=O) groups is 2. The summed E-state index contributed by atoms with van der Waals surface area (Å²) in [7, 11) is 4.46. The van der Waals surface area contributed by atoms with Crippen LogP contribution in [0.4, 0.5) is 15.8 Å². The lowest BCUT2D eigenvalue weighted by Crippen LogP contribution is -2.32. The zero-order valence-electron chi connectivity index (χ0n) is 18.2. The van der Waals surface area contributed by atoms with Crippen LogP contribution in [-0.4, -0.2) is 33.1 Å². The van der Waals surface area contributed by atoms with Gasteiger partial charge in [0.15, 0.2) is 0 Å². The summed E-state index contributed by atoms with van der Waals surface area (Å²) in [4.78, 5) is 28.2. The summed E-state index contributed by atoms with van der Waals surface area (Å²) in [6.45, 7) is 0. The molecular formula is C25H21FN2O5. The molecule has 0 saturated heterocycles. The first-order chi connectivity index (χ1) is 16.0. The van der Waals surface area contributed by atoms with E-state index in [4.69, 9.17) is 14.2 Å². The number of rotatable bonds is 7. The molecule has 3 aromatic rings. The van der Waals surface area contributed by atoms with E-state index >= 15 is 0 Å². The quantitative estimate of drug-likeness (QED) is 0.545. The maximum absolute atomic E-state index is 13.6. The maximum atomic E-state index is 13.6. The van der Waals surface area contributed by atoms with Gasteiger partial charge < -0.3 is 19.5 Å². The van der Waals surface area contributed by atoms with Gasteiger partial charge in [-0.3, -0.25) is 9.59 Å². The molecule has 1 aliphatic heterocycles. The molecule has 1 heterocycles. The Morgan fingerprint density at radius 3 is 2.15 bits per heavy atom. The van der Waals surface area contributed by atoms with Crippen LogP contribution >= 0.6 is 0 Å². The molecule has 0 bridgehead atoms. The van der Waals surface area contributed by atoms with Gasteiger partial charge in [0, 0.05) is 6.07 Å². The van der Waals surface area contributed by atoms with Crippen molar-refractivity contribution in [1.82, 2.24) is 0 Å². The van der Waals surface area contributed by atoms with Gasteiger partial charge in [-0.1, -0.05) is 24.3 Å². The van der Waals surface area contributed by atoms with E-state index in [-0.39, 0.29) is 11.3 Å². The van der Waals surface area contributed by atoms with Crippen LogP contribution in [0.3, 0.4) is 0 Å². The Labute approximate surface area is 190 Å². The number of anilines is 2. The molecule has 33 heavy (non-hydrogen) atoms. The van der Waals surface area contributed by atoms with Crippen LogP contribution in [0.5, 0.6) is 17.2 Å². The molecule has 0 atom stereocenters. The molecule has 0 spiro atoms. The topological polar surface area (TPSA) is 77.1 Å². The monoisotopic (exact) mass is 448 g/mol. The number of benzene rings is 3. The Kier molecular flexibility index (Phi) is 5.99. The van der Waals surface area contributed by atoms with Crippen LogP contribution in [0.25, 0.3) is 5.57 Å². The summed E-state index contributed by atoms with van der Waals surface area (Å²) in [5.74, 6) is -0.285. The van der Waals surface area contributed by atoms with Gasteiger partial charge in [0.25, 0.3) is 11.8 Å². The van der Waals surface area contributed by atoms with Gasteiger partial charge in [0.05, 0.1) is 38.3 Å². The molecule has 3 aromatic carbocycles. The minimum Gasteiger partial charge on any atom is -0.497 e. The summed E-state index contributed by atoms with van der Waals surface area (Å²) in [6.07, 6.45) is 0. The smallest absolute Gasteiger partial charge is 0.282 e. The molecule has 168 valence electrons. The molecule has 7 nitrogen and oxygen atoms in total. The molecule has 8 heteroatoms. The number of halogens is 1. The van der Waals surface area contributed by atoms with E-state index in [1.54, 1.807) is 42.5 Å². The fourth-order valence-electron chi connectivity index (χ4n) is 3.61. The van der Waals surface area contributed by atoms with E-state index in [0.717, 1.165) is 4.90 Å². The molecule has 1 aliphatic rings. The van der Waals surface area contributed by atoms with Gasteiger partial charge in [-0.25, -0.2) is 9.29 Å². The van der Waals surface area contributed by atoms with Crippen molar-refractivity contribution in [3.63, 3.8) is 0 Å². The second-order valence-electron chi connectivity index (χ2n) is 7.07. The number of methoxy groups -OCH3 is 3. The highest BCUT2D eigenvalue weighted by Crippen LogP contribution is 2.39. The minimum atomic E-state index is -0.589. The number of amides is 2. The summed E-state index contributed by atoms with van der Waals surface area (Å²) in [6, 6.07) is 17.1. The third kappa shape index (κ3) is 3.98. The van der Waals surface area contributed by atoms with Gasteiger partial charge >= 0.3 is 0 Å². The van der Waals surface area contributed by atoms with Crippen LogP contribution in [0, 0.1) is 5.82 Å². The number of ether oxygens (including phenoxy) is 3. The zero-order valence-corrected chi connectivity index (χ0v) is 18.2. The van der Waals surface area contributed by atoms with Crippen molar-refractivity contribution >= 4 is 28.8 Å². The molecule has 0 aromatic heterocycles. The molecule has 4 rings (SSSR count). The summed E-state index contributed by atoms with van der Waals surface area (Å²) in [5, 5.41) is 3.04. The highest BCUT2D eigenvalue weighted by molar-refractivity contribution is 6.46. The van der Waals surface area contributed by atoms with E-state index in [2.05, 4.69) is 5.32 Å². The SMILES string of the molecule is COc1ccc(OC)c(NC2=C(c3ccc(F)cc3)C(=O)N(c3ccccc3OC)C2=O)c1. The van der Waals surface area contributed by atoms with Crippen molar-refractivity contribution in [2.45, 2.75) is 0 Å². The summed E-state index contributed by atoms with van der Waals surface area (Å²) in [5.41, 5.74) is 1.22. The Morgan fingerprint density at radius 2 is 1.48 bits per heavy atom. The number of para-hydroxylation sites is 2. The van der Waals surface area contributed by atoms with Gasteiger partial charge in [-0.15, -0.1) is 0 Å². The largest absolute Gasteiger partial charge is 0.497 e. The third-order valence-corrected chi connectivity index (χ3v) is 5.21. The first kappa shape index (κ1) is 21.9. The molecule has 1 N–H and O–H groups in total. The van der Waals surface area contributed by atoms with E-state index in [0.29, 0.717) is 34.2 Å². The van der Waals surface area contributed by atoms with Crippen molar-refractivity contribution in [3.05, 3.63) is 83.8 Å². The number of hydrogen-bond donors (Lipinski definition) is 1. The minimum absolute atomic E-state index is 0.0177. The standard InChI is InChI=1S/C25H21FN2O5/c1-31-17-12-13-20(32-2)18(14-17)27-23-22(15-8-10-16(26)11-9-15)24(29)28(25(23)30)19-6-4-5-7-21(19)33-3/h4-14,27H,1-3H3. The van der Waals surface area contributed by atoms with E-state index in [1.165, 1.54) is 45.6 Å². The van der Waals surface area contributed by atoms with Crippen LogP contribution in [-0.2, 0) is 9.59 Å². The number of carbonyl (C=O) groups excluding carboxylic acids is 2. The van der Waals surface area contributed by atoms with E-state index < -0.39 is 17.6 Å². The fraction of sp³-hybridized carbons (Fsp3) is 0.120. The predicted molar refractivity (Wildman–Crippen MR) is 122 cm³/mol. The van der Waals surface area contributed by atoms with Gasteiger partial charge in [-0.05, 0) is 42.0 Å². The van der Waals surface area contributed by atoms with Crippen LogP contribution in [0.1, 0.15) is 5.56 Å². The molecule has 0 aliphatic carbocycles. The first-order valence-corrected chi connectivity index (χ1v) is 9.99. The number of nitrogens with one attached hydrogen (secondary N) is 1. The second kappa shape index (κ2) is 9.04. The number of nitrogens with zero attached hydrogens (tertiary/aromatic N) is 1. The Morgan fingerprint density at radius 1 is 0.788 bits per heavy atom. The Hall–Kier alpha value is -4.33. The first-order valence-electron chi connectivity index (χ1n) is 9.99. The molecule has 0 fully saturated rings. The Bertz CT molecular complexity index is 1250. The van der Waals surface area contributed by atoms with Crippen LogP contribution in [0.15, 0.2) is 72.4 Å². The normalized spacial score (nSPS) is 13.4. The lowest BCUT2D eigenvalue weighted by molar-refractivity contribution is -0.120. The highest BCUT2D eigenvalue weighted by Gasteiger charge is 2.41. The average molecular weight is 448 g/mol. The maximum Gasteiger partial charge on any atom is 0.282 e. The van der Waals surface area contributed by atoms with Crippen molar-refractivity contribution < 1.29 is 28.2 Å². The lowest BCUT2D eigenvalue weighted by atomic mass is 10.0. The Balaban J connectivity index is 1.87. The molecular weight excluding hydrogens is 427 g/mol. The van der Waals surface area contributed by atoms with Crippen LogP contribution in [0.2, 0.25) is 0 Å². The lowest BCUT2D eigenvalue weighted by Gasteiger charge is -2.18. The number of hydrogen-bond acceptors (Lipinski definition) is 6. The fourth-order valence-corrected chi connectivity index (χ4v) is 3.61. The van der Waals surface area contributed by atoms with Crippen molar-refractivity contribution in [1.29, 1.82) is 0 Å². The molecule has 0 saturated carbocycles. The molecule has 2 amide bonds. The summed E-state index contributed by atoms with van der Waals surface area (Å²) >= 11 is 0. The van der Waals surface area contributed by atoms with Gasteiger partial charge in [0.2, 0.25) is 0 Å². The van der Waals surface area contributed by atoms with E-state index in [9.17, 15) is 14.0 Å². The van der Waals surface area contributed by atoms with Crippen molar-refractivity contribution in [3.8, 4) is 17.2 Å². The predicted octanol–water partition coefficient (Wildman–Crippen LogP) is 4.25. The number of imide groups is 1. The summed E-state index contributed by atoms with van der Waals surface area (Å²) < 4.78 is 29.6. The van der Waals surface area contributed by atoms with Crippen LogP contribution < -0.4 is 24.4 Å². The zero-order chi connectivity index (χ0) is 23.5. The molecule has 0 radical (unpaired) electrons. The van der Waals surface area contributed by atoms with Gasteiger partial charge in [0.1, 0.15) is 28.8 Å². The highest BCUT2D eigenvalue weighted by atomic mass is 19.1. The molecule has 0 unspecified atom stereocenters. The third-order valence-electron chi connectivity index (χ3n) is 5.21. The van der Waals surface area contributed by atoms with Crippen molar-refractivity contribution in [2.24, 2.45) is 0 Å². The average Bonchev–Trinajstić information content (AvgIpc) is 3.08. The second-order valence-corrected chi connectivity index (χ2v) is 7.07. The van der Waals surface area contributed by atoms with Gasteiger partial charge in [-0.2, -0.15) is 0 Å².